The van der Waals surface area contributed by atoms with Gasteiger partial charge in [-0.05, 0) is 19.3 Å². The number of nitrogens with zero attached hydrogens (tertiary/aromatic N) is 3. The van der Waals surface area contributed by atoms with Crippen LogP contribution < -0.4 is 0 Å². The maximum atomic E-state index is 11.9. The molecule has 4 saturated heterocycles. The highest BCUT2D eigenvalue weighted by molar-refractivity contribution is 5.73. The molecule has 4 fully saturated rings. The minimum absolute atomic E-state index is 0.0738. The standard InChI is InChI=1S/C16H27N3O3/c1-12(20)17-7-14-6-15(21)8-19(14)16(9-17)10-18(11-16)13-2-4-22-5-3-13/h13-15,21H,2-11H2,1H3/t14-,15-/m1/s1. The van der Waals surface area contributed by atoms with Crippen LogP contribution in [0.1, 0.15) is 26.2 Å². The van der Waals surface area contributed by atoms with E-state index in [-0.39, 0.29) is 17.6 Å². The van der Waals surface area contributed by atoms with Gasteiger partial charge in [0.05, 0.1) is 11.6 Å². The van der Waals surface area contributed by atoms with Crippen molar-refractivity contribution in [3.63, 3.8) is 0 Å². The second kappa shape index (κ2) is 5.44. The van der Waals surface area contributed by atoms with E-state index in [9.17, 15) is 9.90 Å². The summed E-state index contributed by atoms with van der Waals surface area (Å²) in [5, 5.41) is 10.1. The topological polar surface area (TPSA) is 56.3 Å². The van der Waals surface area contributed by atoms with Gasteiger partial charge in [-0.25, -0.2) is 0 Å². The number of amides is 1. The van der Waals surface area contributed by atoms with Crippen molar-refractivity contribution in [3.8, 4) is 0 Å². The number of aliphatic hydroxyl groups is 1. The lowest BCUT2D eigenvalue weighted by Gasteiger charge is -2.62. The molecule has 0 saturated carbocycles. The molecule has 1 amide bonds. The highest BCUT2D eigenvalue weighted by atomic mass is 16.5. The van der Waals surface area contributed by atoms with E-state index in [1.54, 1.807) is 6.92 Å². The van der Waals surface area contributed by atoms with Crippen LogP contribution in [-0.4, -0.2) is 95.4 Å². The summed E-state index contributed by atoms with van der Waals surface area (Å²) in [5.41, 5.74) is 0.0738. The average molecular weight is 309 g/mol. The van der Waals surface area contributed by atoms with Gasteiger partial charge in [0.1, 0.15) is 0 Å². The fraction of sp³-hybridized carbons (Fsp3) is 0.938. The first-order chi connectivity index (χ1) is 10.6. The molecule has 2 atom stereocenters. The summed E-state index contributed by atoms with van der Waals surface area (Å²) in [6.45, 7) is 7.87. The molecule has 0 aromatic rings. The van der Waals surface area contributed by atoms with Crippen molar-refractivity contribution in [1.29, 1.82) is 0 Å². The second-order valence-electron chi connectivity index (χ2n) is 7.57. The summed E-state index contributed by atoms with van der Waals surface area (Å²) in [4.78, 5) is 19.0. The maximum Gasteiger partial charge on any atom is 0.219 e. The third-order valence-corrected chi connectivity index (χ3v) is 6.07. The lowest BCUT2D eigenvalue weighted by molar-refractivity contribution is -0.155. The number of fused-ring (bicyclic) bond motifs is 2. The first-order valence-corrected chi connectivity index (χ1v) is 8.59. The highest BCUT2D eigenvalue weighted by Crippen LogP contribution is 2.40. The van der Waals surface area contributed by atoms with Crippen LogP contribution in [-0.2, 0) is 9.53 Å². The van der Waals surface area contributed by atoms with E-state index in [0.717, 1.165) is 65.2 Å². The Morgan fingerprint density at radius 2 is 1.86 bits per heavy atom. The zero-order valence-electron chi connectivity index (χ0n) is 13.4. The maximum absolute atomic E-state index is 11.9. The van der Waals surface area contributed by atoms with Crippen LogP contribution in [0.5, 0.6) is 0 Å². The average Bonchev–Trinajstić information content (AvgIpc) is 2.85. The number of carbonyl (C=O) groups excluding carboxylic acids is 1. The number of piperazine rings is 1. The number of rotatable bonds is 1. The van der Waals surface area contributed by atoms with E-state index >= 15 is 0 Å². The van der Waals surface area contributed by atoms with Gasteiger partial charge < -0.3 is 14.7 Å². The summed E-state index contributed by atoms with van der Waals surface area (Å²) in [5.74, 6) is 0.171. The summed E-state index contributed by atoms with van der Waals surface area (Å²) in [6, 6.07) is 0.975. The fourth-order valence-corrected chi connectivity index (χ4v) is 4.95. The molecule has 6 nitrogen and oxygen atoms in total. The van der Waals surface area contributed by atoms with Crippen molar-refractivity contribution in [1.82, 2.24) is 14.7 Å². The van der Waals surface area contributed by atoms with Crippen molar-refractivity contribution in [3.05, 3.63) is 0 Å². The number of ether oxygens (including phenoxy) is 1. The molecule has 4 heterocycles. The van der Waals surface area contributed by atoms with E-state index in [1.165, 1.54) is 0 Å². The summed E-state index contributed by atoms with van der Waals surface area (Å²) >= 11 is 0. The van der Waals surface area contributed by atoms with Gasteiger partial charge >= 0.3 is 0 Å². The Bertz CT molecular complexity index is 446. The Kier molecular flexibility index (Phi) is 3.68. The number of carbonyl (C=O) groups is 1. The minimum Gasteiger partial charge on any atom is -0.392 e. The number of β-amino-alcohol motifs (C(OH)–C–C–N with tert-alkyl or cyclic N) is 1. The summed E-state index contributed by atoms with van der Waals surface area (Å²) < 4.78 is 5.46. The molecule has 6 heteroatoms. The predicted octanol–water partition coefficient (Wildman–Crippen LogP) is -0.483. The number of likely N-dealkylation sites (tertiary alicyclic amines) is 1. The van der Waals surface area contributed by atoms with E-state index < -0.39 is 0 Å². The molecule has 1 spiro atoms. The quantitative estimate of drug-likeness (QED) is 0.709. The lowest BCUT2D eigenvalue weighted by atomic mass is 9.81. The Morgan fingerprint density at radius 3 is 2.55 bits per heavy atom. The Hall–Kier alpha value is -0.690. The van der Waals surface area contributed by atoms with E-state index in [4.69, 9.17) is 4.74 Å². The van der Waals surface area contributed by atoms with Crippen LogP contribution in [0.15, 0.2) is 0 Å². The minimum atomic E-state index is -0.231. The van der Waals surface area contributed by atoms with Crippen LogP contribution in [0.2, 0.25) is 0 Å². The first kappa shape index (κ1) is 14.9. The molecule has 4 aliphatic heterocycles. The molecule has 22 heavy (non-hydrogen) atoms. The van der Waals surface area contributed by atoms with Crippen molar-refractivity contribution < 1.29 is 14.6 Å². The van der Waals surface area contributed by atoms with Gasteiger partial charge in [0.25, 0.3) is 0 Å². The van der Waals surface area contributed by atoms with Gasteiger partial charge in [0.15, 0.2) is 0 Å². The monoisotopic (exact) mass is 309 g/mol. The fourth-order valence-electron chi connectivity index (χ4n) is 4.95. The van der Waals surface area contributed by atoms with E-state index in [0.29, 0.717) is 12.1 Å². The van der Waals surface area contributed by atoms with Crippen LogP contribution in [0.3, 0.4) is 0 Å². The molecule has 0 aliphatic carbocycles. The second-order valence-corrected chi connectivity index (χ2v) is 7.57. The van der Waals surface area contributed by atoms with E-state index in [1.807, 2.05) is 4.90 Å². The molecule has 0 unspecified atom stereocenters. The van der Waals surface area contributed by atoms with E-state index in [2.05, 4.69) is 9.80 Å². The largest absolute Gasteiger partial charge is 0.392 e. The highest BCUT2D eigenvalue weighted by Gasteiger charge is 2.57. The Balaban J connectivity index is 1.48. The summed E-state index contributed by atoms with van der Waals surface area (Å²) in [7, 11) is 0. The van der Waals surface area contributed by atoms with Crippen molar-refractivity contribution in [2.45, 2.75) is 49.9 Å². The zero-order chi connectivity index (χ0) is 15.3. The smallest absolute Gasteiger partial charge is 0.219 e. The van der Waals surface area contributed by atoms with Gasteiger partial charge in [-0.1, -0.05) is 0 Å². The lowest BCUT2D eigenvalue weighted by Crippen LogP contribution is -2.79. The van der Waals surface area contributed by atoms with Gasteiger partial charge in [0.2, 0.25) is 5.91 Å². The molecule has 124 valence electrons. The summed E-state index contributed by atoms with van der Waals surface area (Å²) in [6.07, 6.45) is 2.82. The third-order valence-electron chi connectivity index (χ3n) is 6.07. The van der Waals surface area contributed by atoms with Gasteiger partial charge in [0, 0.05) is 64.9 Å². The molecule has 4 aliphatic rings. The molecule has 0 aromatic heterocycles. The van der Waals surface area contributed by atoms with Crippen molar-refractivity contribution in [2.24, 2.45) is 0 Å². The first-order valence-electron chi connectivity index (χ1n) is 8.59. The zero-order valence-corrected chi connectivity index (χ0v) is 13.4. The van der Waals surface area contributed by atoms with Crippen molar-refractivity contribution >= 4 is 5.91 Å². The van der Waals surface area contributed by atoms with Gasteiger partial charge in [-0.3, -0.25) is 14.6 Å². The van der Waals surface area contributed by atoms with Gasteiger partial charge in [-0.2, -0.15) is 0 Å². The molecular weight excluding hydrogens is 282 g/mol. The van der Waals surface area contributed by atoms with Crippen LogP contribution in [0, 0.1) is 0 Å². The molecule has 0 bridgehead atoms. The normalized spacial score (nSPS) is 36.4. The Labute approximate surface area is 132 Å². The number of aliphatic hydroxyl groups excluding tert-OH is 1. The van der Waals surface area contributed by atoms with Crippen LogP contribution in [0.4, 0.5) is 0 Å². The van der Waals surface area contributed by atoms with Crippen LogP contribution >= 0.6 is 0 Å². The molecular formula is C16H27N3O3. The van der Waals surface area contributed by atoms with Gasteiger partial charge in [-0.15, -0.1) is 0 Å². The third kappa shape index (κ3) is 2.37. The molecule has 4 rings (SSSR count). The Morgan fingerprint density at radius 1 is 1.14 bits per heavy atom. The SMILES string of the molecule is CC(=O)N1C[C@H]2C[C@@H](O)CN2C2(C1)CN(C1CCOCC1)C2. The van der Waals surface area contributed by atoms with Crippen molar-refractivity contribution in [2.75, 3.05) is 45.9 Å². The number of hydrogen-bond acceptors (Lipinski definition) is 5. The number of hydrogen-bond donors (Lipinski definition) is 1. The molecule has 1 N–H and O–H groups in total. The predicted molar refractivity (Wildman–Crippen MR) is 81.5 cm³/mol. The molecule has 0 aromatic carbocycles. The van der Waals surface area contributed by atoms with Crippen LogP contribution in [0.25, 0.3) is 0 Å². The molecule has 0 radical (unpaired) electrons.